The molecule has 3 aliphatic rings. The highest BCUT2D eigenvalue weighted by molar-refractivity contribution is 5.28. The molecule has 126 valence electrons. The summed E-state index contributed by atoms with van der Waals surface area (Å²) >= 11 is 0. The molecular formula is C22H33N. The van der Waals surface area contributed by atoms with Crippen molar-refractivity contribution in [3.63, 3.8) is 0 Å². The molecule has 3 fully saturated rings. The Balaban J connectivity index is 1.47. The van der Waals surface area contributed by atoms with Gasteiger partial charge >= 0.3 is 0 Å². The van der Waals surface area contributed by atoms with Gasteiger partial charge in [0.2, 0.25) is 0 Å². The maximum atomic E-state index is 2.84. The Morgan fingerprint density at radius 1 is 0.870 bits per heavy atom. The number of benzene rings is 1. The first-order chi connectivity index (χ1) is 11.4. The van der Waals surface area contributed by atoms with Gasteiger partial charge in [0.25, 0.3) is 0 Å². The average Bonchev–Trinajstić information content (AvgIpc) is 2.63. The fourth-order valence-corrected chi connectivity index (χ4v) is 5.86. The summed E-state index contributed by atoms with van der Waals surface area (Å²) in [5, 5.41) is 0. The van der Waals surface area contributed by atoms with E-state index in [1.807, 2.05) is 0 Å². The second-order valence-corrected chi connectivity index (χ2v) is 8.48. The Morgan fingerprint density at radius 2 is 1.65 bits per heavy atom. The smallest absolute Gasteiger partial charge is 0.00183 e. The molecule has 2 saturated carbocycles. The van der Waals surface area contributed by atoms with Gasteiger partial charge < -0.3 is 4.90 Å². The predicted octanol–water partition coefficient (Wildman–Crippen LogP) is 5.40. The van der Waals surface area contributed by atoms with Gasteiger partial charge in [-0.25, -0.2) is 0 Å². The standard InChI is InChI=1S/C22H33N/c1-3-9-19(10-4-1)17-23-16-15-22(20-11-5-2-6-12-20)14-8-7-13-21(22)18-23/h2,5-6,11-12,19,21H,1,3-4,7-10,13-18H2. The molecule has 4 rings (SSSR count). The van der Waals surface area contributed by atoms with Gasteiger partial charge in [0.1, 0.15) is 0 Å². The van der Waals surface area contributed by atoms with E-state index in [4.69, 9.17) is 0 Å². The number of fused-ring (bicyclic) bond motifs is 1. The molecule has 1 nitrogen and oxygen atoms in total. The summed E-state index contributed by atoms with van der Waals surface area (Å²) in [6.45, 7) is 4.09. The Hall–Kier alpha value is -0.820. The number of nitrogens with zero attached hydrogens (tertiary/aromatic N) is 1. The van der Waals surface area contributed by atoms with E-state index in [0.717, 1.165) is 11.8 Å². The maximum absolute atomic E-state index is 2.84. The van der Waals surface area contributed by atoms with Crippen LogP contribution in [0.2, 0.25) is 0 Å². The van der Waals surface area contributed by atoms with Crippen molar-refractivity contribution in [1.82, 2.24) is 4.90 Å². The molecule has 1 heteroatoms. The van der Waals surface area contributed by atoms with Gasteiger partial charge in [-0.15, -0.1) is 0 Å². The molecular weight excluding hydrogens is 278 g/mol. The van der Waals surface area contributed by atoms with Gasteiger partial charge in [0.05, 0.1) is 0 Å². The van der Waals surface area contributed by atoms with Crippen molar-refractivity contribution < 1.29 is 0 Å². The normalized spacial score (nSPS) is 33.3. The highest BCUT2D eigenvalue weighted by atomic mass is 15.1. The summed E-state index contributed by atoms with van der Waals surface area (Å²) in [6, 6.07) is 11.5. The third-order valence-corrected chi connectivity index (χ3v) is 7.15. The first kappa shape index (κ1) is 15.7. The van der Waals surface area contributed by atoms with Crippen LogP contribution in [0, 0.1) is 11.8 Å². The zero-order chi connectivity index (χ0) is 15.5. The summed E-state index contributed by atoms with van der Waals surface area (Å²) in [6.07, 6.45) is 14.6. The van der Waals surface area contributed by atoms with E-state index in [-0.39, 0.29) is 0 Å². The molecule has 1 heterocycles. The molecule has 0 bridgehead atoms. The van der Waals surface area contributed by atoms with Crippen LogP contribution in [0.1, 0.15) is 69.8 Å². The lowest BCUT2D eigenvalue weighted by Gasteiger charge is -2.52. The van der Waals surface area contributed by atoms with Gasteiger partial charge in [-0.1, -0.05) is 62.4 Å². The van der Waals surface area contributed by atoms with Gasteiger partial charge in [-0.05, 0) is 56.0 Å². The first-order valence-corrected chi connectivity index (χ1v) is 10.1. The Morgan fingerprint density at radius 3 is 2.48 bits per heavy atom. The molecule has 1 saturated heterocycles. The fourth-order valence-electron chi connectivity index (χ4n) is 5.86. The lowest BCUT2D eigenvalue weighted by Crippen LogP contribution is -2.52. The Labute approximate surface area is 142 Å². The van der Waals surface area contributed by atoms with Crippen molar-refractivity contribution in [3.8, 4) is 0 Å². The maximum Gasteiger partial charge on any atom is 0.00183 e. The van der Waals surface area contributed by atoms with Gasteiger partial charge in [-0.2, -0.15) is 0 Å². The zero-order valence-electron chi connectivity index (χ0n) is 14.7. The second kappa shape index (κ2) is 6.97. The van der Waals surface area contributed by atoms with Crippen molar-refractivity contribution in [2.24, 2.45) is 11.8 Å². The quantitative estimate of drug-likeness (QED) is 0.722. The zero-order valence-corrected chi connectivity index (χ0v) is 14.7. The monoisotopic (exact) mass is 311 g/mol. The summed E-state index contributed by atoms with van der Waals surface area (Å²) in [5.41, 5.74) is 2.14. The molecule has 0 amide bonds. The molecule has 2 aliphatic carbocycles. The van der Waals surface area contributed by atoms with E-state index >= 15 is 0 Å². The third kappa shape index (κ3) is 3.22. The predicted molar refractivity (Wildman–Crippen MR) is 97.7 cm³/mol. The molecule has 0 radical (unpaired) electrons. The topological polar surface area (TPSA) is 3.24 Å². The van der Waals surface area contributed by atoms with Gasteiger partial charge in [0.15, 0.2) is 0 Å². The molecule has 23 heavy (non-hydrogen) atoms. The Kier molecular flexibility index (Phi) is 4.76. The summed E-state index contributed by atoms with van der Waals surface area (Å²) in [5.74, 6) is 1.90. The number of hydrogen-bond acceptors (Lipinski definition) is 1. The number of likely N-dealkylation sites (tertiary alicyclic amines) is 1. The minimum absolute atomic E-state index is 0.503. The van der Waals surface area contributed by atoms with E-state index in [0.29, 0.717) is 5.41 Å². The van der Waals surface area contributed by atoms with Crippen LogP contribution in [-0.4, -0.2) is 24.5 Å². The SMILES string of the molecule is c1ccc(C23CCCCC2CN(CC2CCCCC2)CC3)cc1. The van der Waals surface area contributed by atoms with Crippen molar-refractivity contribution in [1.29, 1.82) is 0 Å². The number of rotatable bonds is 3. The molecule has 1 aromatic carbocycles. The number of piperidine rings is 1. The van der Waals surface area contributed by atoms with E-state index in [2.05, 4.69) is 35.2 Å². The molecule has 1 aliphatic heterocycles. The summed E-state index contributed by atoms with van der Waals surface area (Å²) < 4.78 is 0. The first-order valence-electron chi connectivity index (χ1n) is 10.1. The molecule has 0 aromatic heterocycles. The van der Waals surface area contributed by atoms with Gasteiger partial charge in [0, 0.05) is 18.5 Å². The highest BCUT2D eigenvalue weighted by Gasteiger charge is 2.45. The van der Waals surface area contributed by atoms with Crippen molar-refractivity contribution in [2.45, 2.75) is 69.6 Å². The van der Waals surface area contributed by atoms with Crippen LogP contribution in [0.15, 0.2) is 30.3 Å². The number of hydrogen-bond donors (Lipinski definition) is 0. The minimum atomic E-state index is 0.503. The summed E-state index contributed by atoms with van der Waals surface area (Å²) in [4.78, 5) is 2.84. The van der Waals surface area contributed by atoms with Crippen LogP contribution in [0.4, 0.5) is 0 Å². The average molecular weight is 312 g/mol. The largest absolute Gasteiger partial charge is 0.303 e. The van der Waals surface area contributed by atoms with Crippen LogP contribution in [0.5, 0.6) is 0 Å². The van der Waals surface area contributed by atoms with Crippen LogP contribution >= 0.6 is 0 Å². The molecule has 0 spiro atoms. The molecule has 1 aromatic rings. The lowest BCUT2D eigenvalue weighted by molar-refractivity contribution is 0.0440. The van der Waals surface area contributed by atoms with Crippen molar-refractivity contribution in [2.75, 3.05) is 19.6 Å². The van der Waals surface area contributed by atoms with Crippen LogP contribution in [0.25, 0.3) is 0 Å². The van der Waals surface area contributed by atoms with E-state index in [1.54, 1.807) is 5.56 Å². The minimum Gasteiger partial charge on any atom is -0.303 e. The van der Waals surface area contributed by atoms with Crippen LogP contribution < -0.4 is 0 Å². The van der Waals surface area contributed by atoms with Crippen LogP contribution in [-0.2, 0) is 5.41 Å². The van der Waals surface area contributed by atoms with E-state index in [1.165, 1.54) is 83.8 Å². The van der Waals surface area contributed by atoms with Crippen LogP contribution in [0.3, 0.4) is 0 Å². The van der Waals surface area contributed by atoms with E-state index < -0.39 is 0 Å². The third-order valence-electron chi connectivity index (χ3n) is 7.15. The van der Waals surface area contributed by atoms with E-state index in [9.17, 15) is 0 Å². The highest BCUT2D eigenvalue weighted by Crippen LogP contribution is 2.49. The van der Waals surface area contributed by atoms with Gasteiger partial charge in [-0.3, -0.25) is 0 Å². The molecule has 2 atom stereocenters. The van der Waals surface area contributed by atoms with Crippen molar-refractivity contribution in [3.05, 3.63) is 35.9 Å². The fraction of sp³-hybridized carbons (Fsp3) is 0.727. The lowest BCUT2D eigenvalue weighted by atomic mass is 9.59. The molecule has 2 unspecified atom stereocenters. The molecule has 0 N–H and O–H groups in total. The van der Waals surface area contributed by atoms with Crippen molar-refractivity contribution >= 4 is 0 Å². The second-order valence-electron chi connectivity index (χ2n) is 8.48. The Bertz CT molecular complexity index is 490. The summed E-state index contributed by atoms with van der Waals surface area (Å²) in [7, 11) is 0.